The Morgan fingerprint density at radius 3 is 2.22 bits per heavy atom. The van der Waals surface area contributed by atoms with Gasteiger partial charge in [-0.2, -0.15) is 0 Å². The van der Waals surface area contributed by atoms with E-state index in [0.717, 1.165) is 4.47 Å². The van der Waals surface area contributed by atoms with Gasteiger partial charge in [0.1, 0.15) is 5.75 Å². The number of ether oxygens (including phenoxy) is 1. The molecule has 1 amide bonds. The quantitative estimate of drug-likeness (QED) is 0.811. The molecule has 0 aliphatic rings. The van der Waals surface area contributed by atoms with E-state index in [1.54, 1.807) is 48.5 Å². The van der Waals surface area contributed by atoms with Gasteiger partial charge in [-0.05, 0) is 48.0 Å². The summed E-state index contributed by atoms with van der Waals surface area (Å²) in [6.45, 7) is 0. The van der Waals surface area contributed by atoms with Gasteiger partial charge in [0.15, 0.2) is 0 Å². The minimum absolute atomic E-state index is 0.317. The first-order chi connectivity index (χ1) is 11.0. The number of carboxylic acid groups (broad SMARTS) is 1. The van der Waals surface area contributed by atoms with Crippen molar-refractivity contribution in [1.29, 1.82) is 0 Å². The van der Waals surface area contributed by atoms with Crippen LogP contribution in [-0.2, 0) is 4.79 Å². The van der Waals surface area contributed by atoms with Crippen molar-refractivity contribution in [3.8, 4) is 5.75 Å². The van der Waals surface area contributed by atoms with E-state index in [-0.39, 0.29) is 5.70 Å². The first-order valence-electron chi connectivity index (χ1n) is 6.63. The maximum Gasteiger partial charge on any atom is 0.255 e. The first-order valence-corrected chi connectivity index (χ1v) is 7.43. The fourth-order valence-electron chi connectivity index (χ4n) is 1.81. The van der Waals surface area contributed by atoms with E-state index in [4.69, 9.17) is 4.74 Å². The summed E-state index contributed by atoms with van der Waals surface area (Å²) >= 11 is 3.27. The average molecular weight is 375 g/mol. The summed E-state index contributed by atoms with van der Waals surface area (Å²) in [7, 11) is 1.54. The van der Waals surface area contributed by atoms with Crippen LogP contribution < -0.4 is 15.2 Å². The molecule has 2 rings (SSSR count). The Morgan fingerprint density at radius 1 is 1.09 bits per heavy atom. The average Bonchev–Trinajstić information content (AvgIpc) is 2.55. The molecule has 6 heteroatoms. The standard InChI is InChI=1S/C17H14BrNO4/c1-23-14-8-2-11(3-9-14)10-15(17(21)22)19-16(20)12-4-6-13(18)7-5-12/h2-10H,1H3,(H,19,20)(H,21,22)/p-1/b15-10-. The number of halogens is 1. The number of rotatable bonds is 5. The van der Waals surface area contributed by atoms with Crippen LogP contribution in [0, 0.1) is 0 Å². The van der Waals surface area contributed by atoms with E-state index in [1.807, 2.05) is 0 Å². The number of hydrogen-bond acceptors (Lipinski definition) is 4. The highest BCUT2D eigenvalue weighted by Crippen LogP contribution is 2.14. The second kappa shape index (κ2) is 7.60. The van der Waals surface area contributed by atoms with Crippen LogP contribution in [0.15, 0.2) is 58.7 Å². The molecule has 0 aromatic heterocycles. The topological polar surface area (TPSA) is 78.5 Å². The van der Waals surface area contributed by atoms with Gasteiger partial charge in [-0.15, -0.1) is 0 Å². The third kappa shape index (κ3) is 4.69. The van der Waals surface area contributed by atoms with Gasteiger partial charge in [-0.25, -0.2) is 0 Å². The third-order valence-electron chi connectivity index (χ3n) is 3.00. The summed E-state index contributed by atoms with van der Waals surface area (Å²) < 4.78 is 5.85. The third-order valence-corrected chi connectivity index (χ3v) is 3.53. The molecule has 0 unspecified atom stereocenters. The highest BCUT2D eigenvalue weighted by molar-refractivity contribution is 9.10. The molecular formula is C17H13BrNO4-. The van der Waals surface area contributed by atoms with Crippen molar-refractivity contribution >= 4 is 33.9 Å². The molecule has 2 aromatic carbocycles. The smallest absolute Gasteiger partial charge is 0.255 e. The predicted octanol–water partition coefficient (Wildman–Crippen LogP) is 1.98. The zero-order valence-electron chi connectivity index (χ0n) is 12.2. The minimum Gasteiger partial charge on any atom is -0.543 e. The van der Waals surface area contributed by atoms with Crippen LogP contribution in [0.2, 0.25) is 0 Å². The van der Waals surface area contributed by atoms with E-state index in [1.165, 1.54) is 13.2 Å². The van der Waals surface area contributed by atoms with Gasteiger partial charge < -0.3 is 20.0 Å². The number of carboxylic acids is 1. The van der Waals surface area contributed by atoms with Gasteiger partial charge in [-0.3, -0.25) is 4.79 Å². The zero-order chi connectivity index (χ0) is 16.8. The molecule has 118 valence electrons. The molecule has 1 N–H and O–H groups in total. The summed E-state index contributed by atoms with van der Waals surface area (Å²) in [6, 6.07) is 13.3. The normalized spacial score (nSPS) is 11.0. The predicted molar refractivity (Wildman–Crippen MR) is 87.6 cm³/mol. The van der Waals surface area contributed by atoms with Gasteiger partial charge in [0, 0.05) is 10.0 Å². The molecular weight excluding hydrogens is 362 g/mol. The Kier molecular flexibility index (Phi) is 5.54. The number of methoxy groups -OCH3 is 1. The van der Waals surface area contributed by atoms with Crippen LogP contribution in [0.25, 0.3) is 6.08 Å². The molecule has 0 saturated carbocycles. The lowest BCUT2D eigenvalue weighted by Crippen LogP contribution is -2.35. The lowest BCUT2D eigenvalue weighted by atomic mass is 10.1. The van der Waals surface area contributed by atoms with Crippen molar-refractivity contribution in [1.82, 2.24) is 5.32 Å². The van der Waals surface area contributed by atoms with Crippen LogP contribution in [-0.4, -0.2) is 19.0 Å². The fourth-order valence-corrected chi connectivity index (χ4v) is 2.07. The number of aliphatic carboxylic acids is 1. The van der Waals surface area contributed by atoms with Crippen molar-refractivity contribution in [2.24, 2.45) is 0 Å². The van der Waals surface area contributed by atoms with E-state index < -0.39 is 11.9 Å². The summed E-state index contributed by atoms with van der Waals surface area (Å²) in [5.74, 6) is -1.34. The van der Waals surface area contributed by atoms with Crippen LogP contribution >= 0.6 is 15.9 Å². The zero-order valence-corrected chi connectivity index (χ0v) is 13.8. The summed E-state index contributed by atoms with van der Waals surface area (Å²) in [5, 5.41) is 13.6. The number of carbonyl (C=O) groups excluding carboxylic acids is 2. The minimum atomic E-state index is -1.47. The van der Waals surface area contributed by atoms with Gasteiger partial charge in [0.05, 0.1) is 18.8 Å². The van der Waals surface area contributed by atoms with E-state index in [0.29, 0.717) is 16.9 Å². The monoisotopic (exact) mass is 374 g/mol. The first kappa shape index (κ1) is 16.8. The Balaban J connectivity index is 2.20. The van der Waals surface area contributed by atoms with Gasteiger partial charge in [0.2, 0.25) is 0 Å². The molecule has 0 atom stereocenters. The van der Waals surface area contributed by atoms with Crippen LogP contribution in [0.3, 0.4) is 0 Å². The molecule has 0 aliphatic heterocycles. The van der Waals surface area contributed by atoms with Crippen molar-refractivity contribution in [2.45, 2.75) is 0 Å². The van der Waals surface area contributed by atoms with Crippen molar-refractivity contribution < 1.29 is 19.4 Å². The van der Waals surface area contributed by atoms with Gasteiger partial charge in [-0.1, -0.05) is 28.1 Å². The number of amides is 1. The van der Waals surface area contributed by atoms with Gasteiger partial charge >= 0.3 is 0 Å². The van der Waals surface area contributed by atoms with Gasteiger partial charge in [0.25, 0.3) is 5.91 Å². The summed E-state index contributed by atoms with van der Waals surface area (Å²) in [5.41, 5.74) is 0.624. The van der Waals surface area contributed by atoms with E-state index >= 15 is 0 Å². The van der Waals surface area contributed by atoms with Crippen LogP contribution in [0.5, 0.6) is 5.75 Å². The fraction of sp³-hybridized carbons (Fsp3) is 0.0588. The van der Waals surface area contributed by atoms with Crippen LogP contribution in [0.1, 0.15) is 15.9 Å². The Labute approximate surface area is 141 Å². The number of hydrogen-bond donors (Lipinski definition) is 1. The molecule has 0 saturated heterocycles. The van der Waals surface area contributed by atoms with Crippen LogP contribution in [0.4, 0.5) is 0 Å². The van der Waals surface area contributed by atoms with Crippen molar-refractivity contribution in [3.63, 3.8) is 0 Å². The lowest BCUT2D eigenvalue weighted by molar-refractivity contribution is -0.299. The Hall–Kier alpha value is -2.60. The SMILES string of the molecule is COc1ccc(/C=C(\NC(=O)c2ccc(Br)cc2)C(=O)[O-])cc1. The van der Waals surface area contributed by atoms with Crippen molar-refractivity contribution in [2.75, 3.05) is 7.11 Å². The Bertz CT molecular complexity index is 736. The maximum absolute atomic E-state index is 12.1. The molecule has 0 bridgehead atoms. The summed E-state index contributed by atoms with van der Waals surface area (Å²) in [6.07, 6.45) is 1.32. The molecule has 0 aliphatic carbocycles. The lowest BCUT2D eigenvalue weighted by Gasteiger charge is -2.11. The largest absolute Gasteiger partial charge is 0.543 e. The van der Waals surface area contributed by atoms with Crippen molar-refractivity contribution in [3.05, 3.63) is 69.8 Å². The molecule has 0 fully saturated rings. The molecule has 23 heavy (non-hydrogen) atoms. The number of nitrogens with one attached hydrogen (secondary N) is 1. The summed E-state index contributed by atoms with van der Waals surface area (Å²) in [4.78, 5) is 23.3. The van der Waals surface area contributed by atoms with E-state index in [9.17, 15) is 14.7 Å². The second-order valence-corrected chi connectivity index (χ2v) is 5.50. The highest BCUT2D eigenvalue weighted by atomic mass is 79.9. The highest BCUT2D eigenvalue weighted by Gasteiger charge is 2.08. The molecule has 0 spiro atoms. The number of carbonyl (C=O) groups is 2. The Morgan fingerprint density at radius 2 is 1.70 bits per heavy atom. The maximum atomic E-state index is 12.1. The second-order valence-electron chi connectivity index (χ2n) is 4.58. The molecule has 0 heterocycles. The number of benzene rings is 2. The van der Waals surface area contributed by atoms with E-state index in [2.05, 4.69) is 21.2 Å². The molecule has 0 radical (unpaired) electrons. The molecule has 5 nitrogen and oxygen atoms in total. The molecule has 2 aromatic rings.